The minimum atomic E-state index is -1.22. The van der Waals surface area contributed by atoms with Gasteiger partial charge in [0.15, 0.2) is 0 Å². The van der Waals surface area contributed by atoms with E-state index in [9.17, 15) is 24.9 Å². The van der Waals surface area contributed by atoms with E-state index in [4.69, 9.17) is 18.9 Å². The van der Waals surface area contributed by atoms with E-state index in [0.29, 0.717) is 6.61 Å². The van der Waals surface area contributed by atoms with Gasteiger partial charge in [-0.25, -0.2) is 0 Å². The lowest BCUT2D eigenvalue weighted by atomic mass is 9.51. The van der Waals surface area contributed by atoms with Crippen LogP contribution in [0.5, 0.6) is 0 Å². The number of carbonyl (C=O) groups is 2. The molecule has 1 spiro atoms. The summed E-state index contributed by atoms with van der Waals surface area (Å²) in [6.07, 6.45) is -2.43. The number of esters is 2. The average molecular weight is 440 g/mol. The van der Waals surface area contributed by atoms with Gasteiger partial charge in [0.05, 0.1) is 30.8 Å². The Morgan fingerprint density at radius 2 is 1.97 bits per heavy atom. The largest absolute Gasteiger partial charge is 0.465 e. The highest BCUT2D eigenvalue weighted by Crippen LogP contribution is 2.71. The Labute approximate surface area is 181 Å². The third-order valence-electron chi connectivity index (χ3n) is 7.75. The van der Waals surface area contributed by atoms with Gasteiger partial charge in [-0.05, 0) is 26.3 Å². The number of hydrogen-bond acceptors (Lipinski definition) is 9. The smallest absolute Gasteiger partial charge is 0.309 e. The van der Waals surface area contributed by atoms with E-state index in [-0.39, 0.29) is 19.4 Å². The van der Waals surface area contributed by atoms with Crippen LogP contribution in [0.2, 0.25) is 0 Å². The van der Waals surface area contributed by atoms with Gasteiger partial charge in [0, 0.05) is 24.2 Å². The van der Waals surface area contributed by atoms with E-state index >= 15 is 0 Å². The molecule has 174 valence electrons. The molecule has 6 unspecified atom stereocenters. The molecule has 0 aromatic carbocycles. The molecule has 4 rings (SSSR count). The van der Waals surface area contributed by atoms with Crippen LogP contribution in [0.15, 0.2) is 11.6 Å². The Hall–Kier alpha value is -1.52. The molecule has 0 aromatic heterocycles. The quantitative estimate of drug-likeness (QED) is 0.312. The summed E-state index contributed by atoms with van der Waals surface area (Å²) in [7, 11) is 0. The second kappa shape index (κ2) is 6.99. The molecule has 2 aliphatic carbocycles. The molecule has 0 amide bonds. The number of carbonyl (C=O) groups excluding carboxylic acids is 2. The van der Waals surface area contributed by atoms with E-state index < -0.39 is 64.5 Å². The monoisotopic (exact) mass is 440 g/mol. The highest BCUT2D eigenvalue weighted by Gasteiger charge is 2.85. The van der Waals surface area contributed by atoms with Crippen LogP contribution in [-0.2, 0) is 28.5 Å². The molecule has 3 N–H and O–H groups in total. The van der Waals surface area contributed by atoms with Crippen molar-refractivity contribution in [3.05, 3.63) is 11.6 Å². The molecular formula is C22H32O9. The Bertz CT molecular complexity index is 810. The van der Waals surface area contributed by atoms with Crippen molar-refractivity contribution >= 4 is 11.9 Å². The molecule has 9 nitrogen and oxygen atoms in total. The predicted octanol–water partition coefficient (Wildman–Crippen LogP) is 0.237. The minimum Gasteiger partial charge on any atom is -0.465 e. The van der Waals surface area contributed by atoms with Gasteiger partial charge >= 0.3 is 11.9 Å². The summed E-state index contributed by atoms with van der Waals surface area (Å²) < 4.78 is 23.2. The first kappa shape index (κ1) is 22.7. The van der Waals surface area contributed by atoms with E-state index in [0.717, 1.165) is 5.57 Å². The van der Waals surface area contributed by atoms with Crippen molar-refractivity contribution in [3.63, 3.8) is 0 Å². The van der Waals surface area contributed by atoms with Crippen molar-refractivity contribution < 1.29 is 43.9 Å². The number of ether oxygens (including phenoxy) is 4. The first-order valence-corrected chi connectivity index (χ1v) is 10.7. The van der Waals surface area contributed by atoms with Gasteiger partial charge in [-0.2, -0.15) is 0 Å². The molecule has 0 radical (unpaired) electrons. The Kier molecular flexibility index (Phi) is 5.11. The number of aliphatic hydroxyl groups is 3. The summed E-state index contributed by atoms with van der Waals surface area (Å²) in [5, 5.41) is 31.9. The Morgan fingerprint density at radius 3 is 2.52 bits per heavy atom. The number of fused-ring (bicyclic) bond motifs is 2. The molecule has 4 aliphatic rings. The zero-order valence-corrected chi connectivity index (χ0v) is 18.6. The second-order valence-corrected chi connectivity index (χ2v) is 10.3. The first-order valence-electron chi connectivity index (χ1n) is 10.7. The first-order chi connectivity index (χ1) is 14.3. The molecule has 2 saturated heterocycles. The summed E-state index contributed by atoms with van der Waals surface area (Å²) in [5.41, 5.74) is -3.37. The SMILES string of the molecule is CC(=O)OC[C@]12CC(OC(=O)CC(C)(C)O)C(C)=CC1OC1C(O)C(O)[C@@]2(C)C12CO2. The van der Waals surface area contributed by atoms with Gasteiger partial charge in [0.1, 0.15) is 30.5 Å². The maximum Gasteiger partial charge on any atom is 0.309 e. The molecule has 2 bridgehead atoms. The molecule has 0 aromatic rings. The lowest BCUT2D eigenvalue weighted by Crippen LogP contribution is -2.67. The van der Waals surface area contributed by atoms with Gasteiger partial charge < -0.3 is 34.3 Å². The number of hydrogen-bond donors (Lipinski definition) is 3. The molecule has 8 atom stereocenters. The van der Waals surface area contributed by atoms with Crippen LogP contribution >= 0.6 is 0 Å². The molecular weight excluding hydrogens is 408 g/mol. The predicted molar refractivity (Wildman–Crippen MR) is 106 cm³/mol. The van der Waals surface area contributed by atoms with Crippen molar-refractivity contribution in [3.8, 4) is 0 Å². The molecule has 31 heavy (non-hydrogen) atoms. The van der Waals surface area contributed by atoms with Crippen LogP contribution in [0.4, 0.5) is 0 Å². The summed E-state index contributed by atoms with van der Waals surface area (Å²) in [4.78, 5) is 24.2. The van der Waals surface area contributed by atoms with Gasteiger partial charge in [-0.3, -0.25) is 9.59 Å². The van der Waals surface area contributed by atoms with Crippen LogP contribution < -0.4 is 0 Å². The van der Waals surface area contributed by atoms with Crippen LogP contribution in [-0.4, -0.2) is 82.2 Å². The lowest BCUT2D eigenvalue weighted by Gasteiger charge is -2.58. The zero-order chi connectivity index (χ0) is 23.0. The fourth-order valence-electron chi connectivity index (χ4n) is 5.94. The summed E-state index contributed by atoms with van der Waals surface area (Å²) in [6.45, 7) is 8.21. The minimum absolute atomic E-state index is 0.0889. The number of aliphatic hydroxyl groups excluding tert-OH is 2. The van der Waals surface area contributed by atoms with Gasteiger partial charge in [-0.15, -0.1) is 0 Å². The van der Waals surface area contributed by atoms with Crippen molar-refractivity contribution in [1.82, 2.24) is 0 Å². The van der Waals surface area contributed by atoms with E-state index in [1.165, 1.54) is 20.8 Å². The van der Waals surface area contributed by atoms with Crippen molar-refractivity contribution in [2.24, 2.45) is 10.8 Å². The van der Waals surface area contributed by atoms with Crippen LogP contribution in [0.25, 0.3) is 0 Å². The van der Waals surface area contributed by atoms with Crippen molar-refractivity contribution in [2.75, 3.05) is 13.2 Å². The van der Waals surface area contributed by atoms with Crippen molar-refractivity contribution in [1.29, 1.82) is 0 Å². The zero-order valence-electron chi connectivity index (χ0n) is 18.6. The Morgan fingerprint density at radius 1 is 1.32 bits per heavy atom. The normalized spacial score (nSPS) is 45.7. The fourth-order valence-corrected chi connectivity index (χ4v) is 5.94. The van der Waals surface area contributed by atoms with E-state index in [1.807, 2.05) is 19.9 Å². The van der Waals surface area contributed by atoms with Crippen LogP contribution in [0.1, 0.15) is 47.5 Å². The maximum atomic E-state index is 12.5. The topological polar surface area (TPSA) is 135 Å². The third-order valence-corrected chi connectivity index (χ3v) is 7.75. The summed E-state index contributed by atoms with van der Waals surface area (Å²) in [5.74, 6) is -1.05. The molecule has 2 heterocycles. The van der Waals surface area contributed by atoms with Gasteiger partial charge in [0.2, 0.25) is 0 Å². The van der Waals surface area contributed by atoms with Crippen molar-refractivity contribution in [2.45, 2.75) is 89.2 Å². The van der Waals surface area contributed by atoms with E-state index in [2.05, 4.69) is 0 Å². The van der Waals surface area contributed by atoms with Crippen LogP contribution in [0.3, 0.4) is 0 Å². The third kappa shape index (κ3) is 3.16. The summed E-state index contributed by atoms with van der Waals surface area (Å²) in [6, 6.07) is 0. The second-order valence-electron chi connectivity index (χ2n) is 10.3. The molecule has 3 fully saturated rings. The lowest BCUT2D eigenvalue weighted by molar-refractivity contribution is -0.239. The average Bonchev–Trinajstić information content (AvgIpc) is 3.42. The molecule has 2 aliphatic heterocycles. The van der Waals surface area contributed by atoms with Gasteiger partial charge in [-0.1, -0.05) is 13.0 Å². The number of epoxide rings is 1. The summed E-state index contributed by atoms with van der Waals surface area (Å²) >= 11 is 0. The van der Waals surface area contributed by atoms with E-state index in [1.54, 1.807) is 0 Å². The Balaban J connectivity index is 1.73. The molecule has 1 saturated carbocycles. The molecule has 9 heteroatoms. The highest BCUT2D eigenvalue weighted by molar-refractivity contribution is 5.71. The number of rotatable bonds is 5. The van der Waals surface area contributed by atoms with Gasteiger partial charge in [0.25, 0.3) is 0 Å². The van der Waals surface area contributed by atoms with Crippen LogP contribution in [0, 0.1) is 10.8 Å². The maximum absolute atomic E-state index is 12.5. The fraction of sp³-hybridized carbons (Fsp3) is 0.818. The standard InChI is InChI=1S/C22H32O9/c1-11-6-14-21(9-28-12(2)23,7-13(11)30-15(24)8-19(3,4)27)20(5)17(26)16(25)18(31-14)22(20)10-29-22/h6,13-14,16-18,25-27H,7-10H2,1-5H3/t13?,14?,16?,17?,18?,20-,21-,22?/m1/s1. The highest BCUT2D eigenvalue weighted by atomic mass is 16.6.